The van der Waals surface area contributed by atoms with Gasteiger partial charge in [0.1, 0.15) is 5.82 Å². The highest BCUT2D eigenvalue weighted by Crippen LogP contribution is 2.26. The van der Waals surface area contributed by atoms with Crippen LogP contribution in [0.4, 0.5) is 0 Å². The molecule has 3 N–H and O–H groups in total. The minimum absolute atomic E-state index is 0.171. The fourth-order valence-electron chi connectivity index (χ4n) is 2.45. The second kappa shape index (κ2) is 5.48. The molecule has 0 saturated carbocycles. The van der Waals surface area contributed by atoms with Crippen LogP contribution in [0.25, 0.3) is 0 Å². The highest BCUT2D eigenvalue weighted by molar-refractivity contribution is 5.21. The molecule has 1 heterocycles. The molecule has 0 spiro atoms. The number of imidazole rings is 1. The van der Waals surface area contributed by atoms with Crippen molar-refractivity contribution in [3.05, 3.63) is 17.2 Å². The number of hydrogen-bond donors (Lipinski definition) is 2. The molecular formula is C13H23N3. The molecular weight excluding hydrogens is 198 g/mol. The van der Waals surface area contributed by atoms with Crippen molar-refractivity contribution in [2.45, 2.75) is 64.3 Å². The Morgan fingerprint density at radius 2 is 2.25 bits per heavy atom. The zero-order chi connectivity index (χ0) is 11.4. The topological polar surface area (TPSA) is 54.7 Å². The van der Waals surface area contributed by atoms with Crippen LogP contribution in [0.5, 0.6) is 0 Å². The highest BCUT2D eigenvalue weighted by atomic mass is 15.0. The van der Waals surface area contributed by atoms with E-state index in [2.05, 4.69) is 16.9 Å². The Balaban J connectivity index is 1.91. The molecule has 16 heavy (non-hydrogen) atoms. The van der Waals surface area contributed by atoms with Gasteiger partial charge in [-0.1, -0.05) is 26.2 Å². The third-order valence-corrected chi connectivity index (χ3v) is 3.42. The lowest BCUT2D eigenvalue weighted by atomic mass is 9.97. The minimum atomic E-state index is 0.171. The van der Waals surface area contributed by atoms with Gasteiger partial charge >= 0.3 is 0 Å². The van der Waals surface area contributed by atoms with Crippen molar-refractivity contribution >= 4 is 0 Å². The molecule has 0 aliphatic heterocycles. The minimum Gasteiger partial charge on any atom is -0.346 e. The molecule has 0 amide bonds. The summed E-state index contributed by atoms with van der Waals surface area (Å²) in [5.41, 5.74) is 8.49. The van der Waals surface area contributed by atoms with Gasteiger partial charge in [-0.3, -0.25) is 0 Å². The summed E-state index contributed by atoms with van der Waals surface area (Å²) >= 11 is 0. The molecule has 2 rings (SSSR count). The number of hydrogen-bond acceptors (Lipinski definition) is 2. The molecule has 0 fully saturated rings. The van der Waals surface area contributed by atoms with E-state index in [1.807, 2.05) is 0 Å². The lowest BCUT2D eigenvalue weighted by Gasteiger charge is -2.15. The van der Waals surface area contributed by atoms with Gasteiger partial charge in [-0.2, -0.15) is 0 Å². The summed E-state index contributed by atoms with van der Waals surface area (Å²) in [5, 5.41) is 0. The number of fused-ring (bicyclic) bond motifs is 1. The van der Waals surface area contributed by atoms with Crippen molar-refractivity contribution in [2.75, 3.05) is 0 Å². The number of nitrogens with two attached hydrogens (primary N) is 1. The SMILES string of the molecule is CCCCCCc1nc2c([nH]1)CCCC2N. The van der Waals surface area contributed by atoms with Gasteiger partial charge < -0.3 is 10.7 Å². The largest absolute Gasteiger partial charge is 0.346 e. The molecule has 1 aliphatic carbocycles. The van der Waals surface area contributed by atoms with Gasteiger partial charge in [0.05, 0.1) is 5.69 Å². The maximum atomic E-state index is 6.05. The van der Waals surface area contributed by atoms with E-state index in [-0.39, 0.29) is 6.04 Å². The summed E-state index contributed by atoms with van der Waals surface area (Å²) in [5.74, 6) is 1.15. The van der Waals surface area contributed by atoms with E-state index in [1.54, 1.807) is 0 Å². The summed E-state index contributed by atoms with van der Waals surface area (Å²) in [6.07, 6.45) is 9.69. The average Bonchev–Trinajstić information content (AvgIpc) is 2.69. The molecule has 3 nitrogen and oxygen atoms in total. The van der Waals surface area contributed by atoms with E-state index in [4.69, 9.17) is 5.73 Å². The Kier molecular flexibility index (Phi) is 3.99. The van der Waals surface area contributed by atoms with Crippen LogP contribution in [0.3, 0.4) is 0 Å². The van der Waals surface area contributed by atoms with Crippen molar-refractivity contribution in [3.8, 4) is 0 Å². The Hall–Kier alpha value is -0.830. The smallest absolute Gasteiger partial charge is 0.106 e. The van der Waals surface area contributed by atoms with Gasteiger partial charge in [-0.15, -0.1) is 0 Å². The Bertz CT molecular complexity index is 330. The molecule has 1 aliphatic rings. The predicted octanol–water partition coefficient (Wildman–Crippen LogP) is 2.87. The molecule has 3 heteroatoms. The average molecular weight is 221 g/mol. The molecule has 0 bridgehead atoms. The van der Waals surface area contributed by atoms with Gasteiger partial charge in [0.2, 0.25) is 0 Å². The first-order valence-electron chi connectivity index (χ1n) is 6.64. The van der Waals surface area contributed by atoms with E-state index in [9.17, 15) is 0 Å². The number of nitrogens with zero attached hydrogens (tertiary/aromatic N) is 1. The molecule has 1 aromatic heterocycles. The van der Waals surface area contributed by atoms with Gasteiger partial charge in [-0.25, -0.2) is 4.98 Å². The number of unbranched alkanes of at least 4 members (excludes halogenated alkanes) is 3. The van der Waals surface area contributed by atoms with E-state index in [1.165, 1.54) is 37.8 Å². The highest BCUT2D eigenvalue weighted by Gasteiger charge is 2.20. The molecule has 1 aromatic rings. The first kappa shape index (κ1) is 11.6. The fraction of sp³-hybridized carbons (Fsp3) is 0.769. The predicted molar refractivity (Wildman–Crippen MR) is 66.3 cm³/mol. The molecule has 1 unspecified atom stereocenters. The van der Waals surface area contributed by atoms with Crippen LogP contribution in [-0.4, -0.2) is 9.97 Å². The zero-order valence-corrected chi connectivity index (χ0v) is 10.3. The van der Waals surface area contributed by atoms with Crippen molar-refractivity contribution < 1.29 is 0 Å². The second-order valence-corrected chi connectivity index (χ2v) is 4.86. The van der Waals surface area contributed by atoms with E-state index in [0.717, 1.165) is 30.8 Å². The van der Waals surface area contributed by atoms with Crippen LogP contribution in [0.15, 0.2) is 0 Å². The number of aryl methyl sites for hydroxylation is 2. The normalized spacial score (nSPS) is 19.8. The summed E-state index contributed by atoms with van der Waals surface area (Å²) in [6.45, 7) is 2.24. The fourth-order valence-corrected chi connectivity index (χ4v) is 2.45. The number of aromatic nitrogens is 2. The standard InChI is InChI=1S/C13H23N3/c1-2-3-4-5-9-12-15-11-8-6-7-10(14)13(11)16-12/h10H,2-9,14H2,1H3,(H,15,16). The first-order valence-corrected chi connectivity index (χ1v) is 6.64. The number of aromatic amines is 1. The Morgan fingerprint density at radius 3 is 3.00 bits per heavy atom. The third kappa shape index (κ3) is 2.64. The summed E-state index contributed by atoms with van der Waals surface area (Å²) in [4.78, 5) is 8.10. The summed E-state index contributed by atoms with van der Waals surface area (Å²) in [6, 6.07) is 0.171. The van der Waals surface area contributed by atoms with Crippen molar-refractivity contribution in [1.82, 2.24) is 9.97 Å². The van der Waals surface area contributed by atoms with E-state index in [0.29, 0.717) is 0 Å². The summed E-state index contributed by atoms with van der Waals surface area (Å²) in [7, 11) is 0. The van der Waals surface area contributed by atoms with E-state index < -0.39 is 0 Å². The van der Waals surface area contributed by atoms with Gasteiger partial charge in [0, 0.05) is 18.2 Å². The van der Waals surface area contributed by atoms with Crippen molar-refractivity contribution in [3.63, 3.8) is 0 Å². The molecule has 1 atom stereocenters. The van der Waals surface area contributed by atoms with E-state index >= 15 is 0 Å². The lowest BCUT2D eigenvalue weighted by molar-refractivity contribution is 0.555. The van der Waals surface area contributed by atoms with Crippen LogP contribution in [0.1, 0.15) is 68.7 Å². The maximum absolute atomic E-state index is 6.05. The van der Waals surface area contributed by atoms with Crippen molar-refractivity contribution in [2.24, 2.45) is 5.73 Å². The molecule has 0 saturated heterocycles. The molecule has 0 aromatic carbocycles. The quantitative estimate of drug-likeness (QED) is 0.751. The zero-order valence-electron chi connectivity index (χ0n) is 10.3. The maximum Gasteiger partial charge on any atom is 0.106 e. The third-order valence-electron chi connectivity index (χ3n) is 3.42. The van der Waals surface area contributed by atoms with Crippen LogP contribution >= 0.6 is 0 Å². The molecule has 0 radical (unpaired) electrons. The number of rotatable bonds is 5. The summed E-state index contributed by atoms with van der Waals surface area (Å²) < 4.78 is 0. The van der Waals surface area contributed by atoms with Crippen molar-refractivity contribution in [1.29, 1.82) is 0 Å². The van der Waals surface area contributed by atoms with Crippen LogP contribution in [0, 0.1) is 0 Å². The Morgan fingerprint density at radius 1 is 1.38 bits per heavy atom. The number of H-pyrrole nitrogens is 1. The van der Waals surface area contributed by atoms with Crippen LogP contribution < -0.4 is 5.73 Å². The Labute approximate surface area is 97.8 Å². The van der Waals surface area contributed by atoms with Crippen LogP contribution in [-0.2, 0) is 12.8 Å². The number of nitrogens with one attached hydrogen (secondary N) is 1. The first-order chi connectivity index (χ1) is 7.81. The van der Waals surface area contributed by atoms with Crippen LogP contribution in [0.2, 0.25) is 0 Å². The second-order valence-electron chi connectivity index (χ2n) is 4.86. The monoisotopic (exact) mass is 221 g/mol. The van der Waals surface area contributed by atoms with Gasteiger partial charge in [0.15, 0.2) is 0 Å². The van der Waals surface area contributed by atoms with Gasteiger partial charge in [-0.05, 0) is 25.7 Å². The van der Waals surface area contributed by atoms with Gasteiger partial charge in [0.25, 0.3) is 0 Å². The lowest BCUT2D eigenvalue weighted by Crippen LogP contribution is -2.17. The molecule has 90 valence electrons.